The van der Waals surface area contributed by atoms with E-state index in [1.165, 1.54) is 6.07 Å². The molecule has 0 aliphatic heterocycles. The summed E-state index contributed by atoms with van der Waals surface area (Å²) in [6, 6.07) is 4.95. The topological polar surface area (TPSA) is 29.3 Å². The van der Waals surface area contributed by atoms with Crippen molar-refractivity contribution in [1.82, 2.24) is 4.90 Å². The Hall–Kier alpha value is -0.930. The monoisotopic (exact) mass is 182 g/mol. The van der Waals surface area contributed by atoms with Crippen molar-refractivity contribution in [3.63, 3.8) is 0 Å². The van der Waals surface area contributed by atoms with Crippen molar-refractivity contribution in [2.24, 2.45) is 5.73 Å². The van der Waals surface area contributed by atoms with Gasteiger partial charge in [-0.1, -0.05) is 12.1 Å². The summed E-state index contributed by atoms with van der Waals surface area (Å²) in [6.45, 7) is 1.74. The first-order chi connectivity index (χ1) is 6.02. The molecule has 0 fully saturated rings. The van der Waals surface area contributed by atoms with Crippen LogP contribution < -0.4 is 5.73 Å². The van der Waals surface area contributed by atoms with Crippen molar-refractivity contribution in [2.45, 2.75) is 13.1 Å². The van der Waals surface area contributed by atoms with Gasteiger partial charge in [0.25, 0.3) is 0 Å². The summed E-state index contributed by atoms with van der Waals surface area (Å²) in [7, 11) is 3.78. The maximum Gasteiger partial charge on any atom is 0.126 e. The van der Waals surface area contributed by atoms with Gasteiger partial charge in [0.2, 0.25) is 0 Å². The predicted molar refractivity (Wildman–Crippen MR) is 51.8 cm³/mol. The smallest absolute Gasteiger partial charge is 0.126 e. The van der Waals surface area contributed by atoms with Crippen LogP contribution in [0.5, 0.6) is 0 Å². The van der Waals surface area contributed by atoms with Crippen LogP contribution in [0.4, 0.5) is 4.39 Å². The molecule has 2 N–H and O–H groups in total. The number of hydrogen-bond acceptors (Lipinski definition) is 2. The Morgan fingerprint density at radius 3 is 2.46 bits per heavy atom. The summed E-state index contributed by atoms with van der Waals surface area (Å²) >= 11 is 0. The molecular formula is C10H15FN2. The van der Waals surface area contributed by atoms with Gasteiger partial charge in [-0.3, -0.25) is 4.90 Å². The molecule has 0 saturated heterocycles. The Kier molecular flexibility index (Phi) is 3.01. The second-order valence-electron chi connectivity index (χ2n) is 3.42. The highest BCUT2D eigenvalue weighted by molar-refractivity contribution is 5.25. The third-order valence-electron chi connectivity index (χ3n) is 2.08. The van der Waals surface area contributed by atoms with E-state index < -0.39 is 0 Å². The van der Waals surface area contributed by atoms with E-state index in [-0.39, 0.29) is 12.0 Å². The SMILES string of the molecule is Cc1cc(C(N)N(C)C)ccc1F. The summed E-state index contributed by atoms with van der Waals surface area (Å²) < 4.78 is 12.9. The summed E-state index contributed by atoms with van der Waals surface area (Å²) in [6.07, 6.45) is -0.167. The third kappa shape index (κ3) is 2.26. The van der Waals surface area contributed by atoms with Crippen molar-refractivity contribution in [3.8, 4) is 0 Å². The van der Waals surface area contributed by atoms with Gasteiger partial charge in [-0.2, -0.15) is 0 Å². The summed E-state index contributed by atoms with van der Waals surface area (Å²) in [5.74, 6) is -0.185. The molecule has 0 aliphatic carbocycles. The number of halogens is 1. The van der Waals surface area contributed by atoms with Gasteiger partial charge in [-0.15, -0.1) is 0 Å². The molecular weight excluding hydrogens is 167 g/mol. The number of aryl methyl sites for hydroxylation is 1. The van der Waals surface area contributed by atoms with E-state index in [0.29, 0.717) is 5.56 Å². The Labute approximate surface area is 78.2 Å². The summed E-state index contributed by atoms with van der Waals surface area (Å²) in [5, 5.41) is 0. The predicted octanol–water partition coefficient (Wildman–Crippen LogP) is 1.65. The lowest BCUT2D eigenvalue weighted by atomic mass is 10.1. The van der Waals surface area contributed by atoms with E-state index >= 15 is 0 Å². The van der Waals surface area contributed by atoms with Crippen molar-refractivity contribution >= 4 is 0 Å². The molecule has 0 amide bonds. The van der Waals surface area contributed by atoms with Gasteiger partial charge in [0.05, 0.1) is 6.17 Å². The molecule has 13 heavy (non-hydrogen) atoms. The lowest BCUT2D eigenvalue weighted by Gasteiger charge is -2.20. The molecule has 0 aliphatic rings. The molecule has 0 bridgehead atoms. The molecule has 1 aromatic carbocycles. The molecule has 72 valence electrons. The fourth-order valence-electron chi connectivity index (χ4n) is 1.15. The van der Waals surface area contributed by atoms with Crippen LogP contribution in [0, 0.1) is 12.7 Å². The number of benzene rings is 1. The molecule has 1 unspecified atom stereocenters. The lowest BCUT2D eigenvalue weighted by Crippen LogP contribution is -2.27. The van der Waals surface area contributed by atoms with Gasteiger partial charge in [0, 0.05) is 0 Å². The largest absolute Gasteiger partial charge is 0.312 e. The average molecular weight is 182 g/mol. The van der Waals surface area contributed by atoms with E-state index in [4.69, 9.17) is 5.73 Å². The molecule has 0 aromatic heterocycles. The number of hydrogen-bond donors (Lipinski definition) is 1. The first-order valence-electron chi connectivity index (χ1n) is 4.20. The number of rotatable bonds is 2. The standard InChI is InChI=1S/C10H15FN2/c1-7-6-8(4-5-9(7)11)10(12)13(2)3/h4-6,10H,12H2,1-3H3. The Morgan fingerprint density at radius 1 is 1.38 bits per heavy atom. The van der Waals surface area contributed by atoms with Crippen molar-refractivity contribution < 1.29 is 4.39 Å². The molecule has 1 aromatic rings. The van der Waals surface area contributed by atoms with E-state index in [9.17, 15) is 4.39 Å². The number of nitrogens with zero attached hydrogens (tertiary/aromatic N) is 1. The van der Waals surface area contributed by atoms with Gasteiger partial charge < -0.3 is 5.73 Å². The zero-order valence-corrected chi connectivity index (χ0v) is 8.21. The van der Waals surface area contributed by atoms with Crippen LogP contribution in [0.15, 0.2) is 18.2 Å². The van der Waals surface area contributed by atoms with Crippen LogP contribution in [-0.4, -0.2) is 19.0 Å². The Morgan fingerprint density at radius 2 is 2.00 bits per heavy atom. The minimum Gasteiger partial charge on any atom is -0.312 e. The van der Waals surface area contributed by atoms with Crippen molar-refractivity contribution in [1.29, 1.82) is 0 Å². The lowest BCUT2D eigenvalue weighted by molar-refractivity contribution is 0.307. The maximum absolute atomic E-state index is 12.9. The summed E-state index contributed by atoms with van der Waals surface area (Å²) in [4.78, 5) is 1.88. The summed E-state index contributed by atoms with van der Waals surface area (Å²) in [5.41, 5.74) is 7.43. The first-order valence-corrected chi connectivity index (χ1v) is 4.20. The van der Waals surface area contributed by atoms with Crippen LogP contribution in [0.1, 0.15) is 17.3 Å². The average Bonchev–Trinajstić information content (AvgIpc) is 2.08. The fraction of sp³-hybridized carbons (Fsp3) is 0.400. The van der Waals surface area contributed by atoms with Crippen molar-refractivity contribution in [2.75, 3.05) is 14.1 Å². The van der Waals surface area contributed by atoms with E-state index in [0.717, 1.165) is 5.56 Å². The zero-order valence-electron chi connectivity index (χ0n) is 8.21. The Balaban J connectivity index is 2.97. The van der Waals surface area contributed by atoms with Crippen LogP contribution in [-0.2, 0) is 0 Å². The zero-order chi connectivity index (χ0) is 10.0. The second-order valence-corrected chi connectivity index (χ2v) is 3.42. The minimum atomic E-state index is -0.185. The fourth-order valence-corrected chi connectivity index (χ4v) is 1.15. The maximum atomic E-state index is 12.9. The highest BCUT2D eigenvalue weighted by atomic mass is 19.1. The third-order valence-corrected chi connectivity index (χ3v) is 2.08. The van der Waals surface area contributed by atoms with Crippen LogP contribution in [0.25, 0.3) is 0 Å². The molecule has 0 spiro atoms. The molecule has 0 heterocycles. The van der Waals surface area contributed by atoms with E-state index in [1.807, 2.05) is 19.0 Å². The first kappa shape index (κ1) is 10.2. The molecule has 0 radical (unpaired) electrons. The second kappa shape index (κ2) is 3.85. The minimum absolute atomic E-state index is 0.167. The van der Waals surface area contributed by atoms with E-state index in [2.05, 4.69) is 0 Å². The highest BCUT2D eigenvalue weighted by Gasteiger charge is 2.08. The normalized spacial score (nSPS) is 13.4. The quantitative estimate of drug-likeness (QED) is 0.705. The van der Waals surface area contributed by atoms with Gasteiger partial charge >= 0.3 is 0 Å². The molecule has 2 nitrogen and oxygen atoms in total. The van der Waals surface area contributed by atoms with Crippen molar-refractivity contribution in [3.05, 3.63) is 35.1 Å². The van der Waals surface area contributed by atoms with E-state index in [1.54, 1.807) is 19.1 Å². The van der Waals surface area contributed by atoms with Gasteiger partial charge in [0.15, 0.2) is 0 Å². The molecule has 1 atom stereocenters. The number of nitrogens with two attached hydrogens (primary N) is 1. The molecule has 3 heteroatoms. The molecule has 0 saturated carbocycles. The van der Waals surface area contributed by atoms with Crippen LogP contribution in [0.2, 0.25) is 0 Å². The van der Waals surface area contributed by atoms with Crippen LogP contribution in [0.3, 0.4) is 0 Å². The van der Waals surface area contributed by atoms with Crippen LogP contribution >= 0.6 is 0 Å². The highest BCUT2D eigenvalue weighted by Crippen LogP contribution is 2.15. The van der Waals surface area contributed by atoms with Gasteiger partial charge in [0.1, 0.15) is 5.82 Å². The molecule has 1 rings (SSSR count). The Bertz CT molecular complexity index is 297. The van der Waals surface area contributed by atoms with Gasteiger partial charge in [-0.05, 0) is 38.2 Å². The van der Waals surface area contributed by atoms with Gasteiger partial charge in [-0.25, -0.2) is 4.39 Å².